The average Bonchev–Trinajstić information content (AvgIpc) is 2.84. The molecule has 3 aromatic carbocycles. The Morgan fingerprint density at radius 1 is 1.08 bits per heavy atom. The van der Waals surface area contributed by atoms with Crippen molar-refractivity contribution >= 4 is 34.9 Å². The van der Waals surface area contributed by atoms with Gasteiger partial charge in [0.25, 0.3) is 0 Å². The summed E-state index contributed by atoms with van der Waals surface area (Å²) in [4.78, 5) is 28.3. The van der Waals surface area contributed by atoms with Gasteiger partial charge in [-0.15, -0.1) is 0 Å². The molecule has 0 bridgehead atoms. The molecule has 37 heavy (non-hydrogen) atoms. The minimum absolute atomic E-state index is 0.00258. The Balaban J connectivity index is 1.77. The molecule has 1 aliphatic rings. The lowest BCUT2D eigenvalue weighted by Gasteiger charge is -2.40. The molecule has 0 saturated carbocycles. The number of carbonyl (C=O) groups excluding carboxylic acids is 1. The van der Waals surface area contributed by atoms with Gasteiger partial charge in [0.1, 0.15) is 0 Å². The van der Waals surface area contributed by atoms with E-state index in [1.54, 1.807) is 19.1 Å². The van der Waals surface area contributed by atoms with Gasteiger partial charge in [0, 0.05) is 29.4 Å². The number of carboxylic acids is 1. The minimum Gasteiger partial charge on any atom is -0.478 e. The zero-order chi connectivity index (χ0) is 26.7. The first kappa shape index (κ1) is 26.7. The highest BCUT2D eigenvalue weighted by atomic mass is 35.5. The molecule has 2 atom stereocenters. The third-order valence-corrected chi connectivity index (χ3v) is 7.17. The Morgan fingerprint density at radius 3 is 2.46 bits per heavy atom. The van der Waals surface area contributed by atoms with Gasteiger partial charge in [0.15, 0.2) is 0 Å². The third-order valence-electron chi connectivity index (χ3n) is 6.92. The zero-order valence-corrected chi connectivity index (χ0v) is 22.5. The van der Waals surface area contributed by atoms with Crippen LogP contribution >= 0.6 is 11.6 Å². The van der Waals surface area contributed by atoms with E-state index in [0.717, 1.165) is 59.4 Å². The molecule has 0 aromatic heterocycles. The van der Waals surface area contributed by atoms with E-state index in [1.165, 1.54) is 0 Å². The van der Waals surface area contributed by atoms with Crippen molar-refractivity contribution < 1.29 is 14.7 Å². The number of aryl methyl sites for hydroxylation is 1. The van der Waals surface area contributed by atoms with E-state index in [1.807, 2.05) is 61.5 Å². The van der Waals surface area contributed by atoms with Crippen LogP contribution in [0.2, 0.25) is 5.02 Å². The van der Waals surface area contributed by atoms with Crippen molar-refractivity contribution in [1.29, 1.82) is 0 Å². The SMILES string of the molecule is CC(=O)N1c2ccc(-c3ccc(C(=O)O)cc3CCCN(C)C)cc2[C@H](Nc2ccc(Cl)cc2)C[C@@H]1C. The van der Waals surface area contributed by atoms with Crippen LogP contribution in [0.15, 0.2) is 60.7 Å². The van der Waals surface area contributed by atoms with Crippen molar-refractivity contribution in [2.75, 3.05) is 30.9 Å². The van der Waals surface area contributed by atoms with Crippen LogP contribution in [0.1, 0.15) is 54.2 Å². The molecule has 194 valence electrons. The predicted octanol–water partition coefficient (Wildman–Crippen LogP) is 6.50. The molecule has 4 rings (SSSR count). The monoisotopic (exact) mass is 519 g/mol. The second-order valence-electron chi connectivity index (χ2n) is 10.0. The lowest BCUT2D eigenvalue weighted by Crippen LogP contribution is -2.43. The van der Waals surface area contributed by atoms with E-state index in [-0.39, 0.29) is 18.0 Å². The molecule has 7 heteroatoms. The number of carbonyl (C=O) groups is 2. The number of halogens is 1. The van der Waals surface area contributed by atoms with Crippen molar-refractivity contribution in [2.45, 2.75) is 45.2 Å². The third kappa shape index (κ3) is 6.14. The molecule has 0 aliphatic carbocycles. The summed E-state index contributed by atoms with van der Waals surface area (Å²) in [6.07, 6.45) is 2.45. The van der Waals surface area contributed by atoms with Crippen LogP contribution in [0.3, 0.4) is 0 Å². The van der Waals surface area contributed by atoms with E-state index in [0.29, 0.717) is 10.6 Å². The highest BCUT2D eigenvalue weighted by Crippen LogP contribution is 2.42. The quantitative estimate of drug-likeness (QED) is 0.355. The maximum atomic E-state index is 12.6. The van der Waals surface area contributed by atoms with Gasteiger partial charge in [-0.2, -0.15) is 0 Å². The molecule has 0 radical (unpaired) electrons. The summed E-state index contributed by atoms with van der Waals surface area (Å²) < 4.78 is 0. The zero-order valence-electron chi connectivity index (χ0n) is 21.8. The smallest absolute Gasteiger partial charge is 0.335 e. The van der Waals surface area contributed by atoms with E-state index < -0.39 is 5.97 Å². The normalized spacial score (nSPS) is 17.0. The van der Waals surface area contributed by atoms with Crippen molar-refractivity contribution in [2.24, 2.45) is 0 Å². The summed E-state index contributed by atoms with van der Waals surface area (Å²) >= 11 is 6.09. The Hall–Kier alpha value is -3.35. The van der Waals surface area contributed by atoms with Gasteiger partial charge in [0.05, 0.1) is 11.6 Å². The fraction of sp³-hybridized carbons (Fsp3) is 0.333. The Morgan fingerprint density at radius 2 is 1.81 bits per heavy atom. The van der Waals surface area contributed by atoms with Crippen LogP contribution in [-0.2, 0) is 11.2 Å². The fourth-order valence-corrected chi connectivity index (χ4v) is 5.32. The van der Waals surface area contributed by atoms with Crippen molar-refractivity contribution in [3.8, 4) is 11.1 Å². The van der Waals surface area contributed by atoms with E-state index >= 15 is 0 Å². The molecule has 1 aliphatic heterocycles. The number of rotatable bonds is 8. The first-order valence-electron chi connectivity index (χ1n) is 12.6. The lowest BCUT2D eigenvalue weighted by molar-refractivity contribution is -0.117. The number of carboxylic acid groups (broad SMARTS) is 1. The van der Waals surface area contributed by atoms with Crippen LogP contribution in [0, 0.1) is 0 Å². The molecule has 0 fully saturated rings. The van der Waals surface area contributed by atoms with Crippen molar-refractivity contribution in [3.05, 3.63) is 82.4 Å². The van der Waals surface area contributed by atoms with Crippen LogP contribution < -0.4 is 10.2 Å². The molecule has 1 heterocycles. The summed E-state index contributed by atoms with van der Waals surface area (Å²) in [5.41, 5.74) is 6.24. The molecule has 0 spiro atoms. The van der Waals surface area contributed by atoms with Gasteiger partial charge in [0.2, 0.25) is 5.91 Å². The maximum Gasteiger partial charge on any atom is 0.335 e. The van der Waals surface area contributed by atoms with Crippen LogP contribution in [0.25, 0.3) is 11.1 Å². The fourth-order valence-electron chi connectivity index (χ4n) is 5.20. The standard InChI is InChI=1S/C30H34ClN3O3/c1-19-16-28(32-25-11-9-24(31)10-12-25)27-18-22(8-14-29(27)34(19)20(2)35)26-13-7-23(30(36)37)17-21(26)6-5-15-33(3)4/h7-14,17-19,28,32H,5-6,15-16H2,1-4H3,(H,36,37)/t19-,28+/m0/s1. The molecule has 2 N–H and O–H groups in total. The summed E-state index contributed by atoms with van der Waals surface area (Å²) in [7, 11) is 4.07. The van der Waals surface area contributed by atoms with Gasteiger partial charge in [-0.25, -0.2) is 4.79 Å². The number of aromatic carboxylic acids is 1. The Kier molecular flexibility index (Phi) is 8.20. The molecular weight excluding hydrogens is 486 g/mol. The second kappa shape index (κ2) is 11.4. The van der Waals surface area contributed by atoms with Gasteiger partial charge >= 0.3 is 5.97 Å². The number of hydrogen-bond donors (Lipinski definition) is 2. The molecule has 3 aromatic rings. The van der Waals surface area contributed by atoms with Gasteiger partial charge in [-0.05, 0) is 118 Å². The number of fused-ring (bicyclic) bond motifs is 1. The number of anilines is 2. The first-order valence-corrected chi connectivity index (χ1v) is 13.0. The number of amides is 1. The lowest BCUT2D eigenvalue weighted by atomic mass is 9.87. The van der Waals surface area contributed by atoms with E-state index in [2.05, 4.69) is 23.2 Å². The van der Waals surface area contributed by atoms with Gasteiger partial charge in [-0.3, -0.25) is 4.79 Å². The summed E-state index contributed by atoms with van der Waals surface area (Å²) in [6.45, 7) is 4.59. The summed E-state index contributed by atoms with van der Waals surface area (Å²) in [5, 5.41) is 13.9. The number of benzene rings is 3. The molecule has 1 amide bonds. The maximum absolute atomic E-state index is 12.6. The summed E-state index contributed by atoms with van der Waals surface area (Å²) in [6, 6.07) is 19.3. The number of nitrogens with one attached hydrogen (secondary N) is 1. The van der Waals surface area contributed by atoms with Crippen LogP contribution in [-0.4, -0.2) is 48.6 Å². The number of hydrogen-bond acceptors (Lipinski definition) is 4. The van der Waals surface area contributed by atoms with Crippen molar-refractivity contribution in [1.82, 2.24) is 4.90 Å². The first-order chi connectivity index (χ1) is 17.6. The van der Waals surface area contributed by atoms with Gasteiger partial charge in [-0.1, -0.05) is 23.7 Å². The predicted molar refractivity (Wildman–Crippen MR) is 151 cm³/mol. The summed E-state index contributed by atoms with van der Waals surface area (Å²) in [5.74, 6) is -0.911. The molecule has 0 unspecified atom stereocenters. The highest BCUT2D eigenvalue weighted by molar-refractivity contribution is 6.30. The van der Waals surface area contributed by atoms with E-state index in [9.17, 15) is 14.7 Å². The van der Waals surface area contributed by atoms with Crippen LogP contribution in [0.5, 0.6) is 0 Å². The average molecular weight is 520 g/mol. The van der Waals surface area contributed by atoms with E-state index in [4.69, 9.17) is 11.6 Å². The molecule has 0 saturated heterocycles. The van der Waals surface area contributed by atoms with Crippen LogP contribution in [0.4, 0.5) is 11.4 Å². The topological polar surface area (TPSA) is 72.9 Å². The second-order valence-corrected chi connectivity index (χ2v) is 10.5. The largest absolute Gasteiger partial charge is 0.478 e. The van der Waals surface area contributed by atoms with Gasteiger partial charge < -0.3 is 20.2 Å². The Labute approximate surface area is 223 Å². The number of nitrogens with zero attached hydrogens (tertiary/aromatic N) is 2. The molecular formula is C30H34ClN3O3. The molecule has 6 nitrogen and oxygen atoms in total. The van der Waals surface area contributed by atoms with Crippen molar-refractivity contribution in [3.63, 3.8) is 0 Å². The highest BCUT2D eigenvalue weighted by Gasteiger charge is 2.32. The minimum atomic E-state index is -0.927. The Bertz CT molecular complexity index is 1290.